The van der Waals surface area contributed by atoms with Gasteiger partial charge in [0.1, 0.15) is 5.54 Å². The Labute approximate surface area is 91.9 Å². The van der Waals surface area contributed by atoms with E-state index in [9.17, 15) is 22.0 Å². The summed E-state index contributed by atoms with van der Waals surface area (Å²) in [4.78, 5) is 11.0. The summed E-state index contributed by atoms with van der Waals surface area (Å²) in [6, 6.07) is 0. The number of carboxylic acids is 1. The summed E-state index contributed by atoms with van der Waals surface area (Å²) in [5.41, 5.74) is -1.76. The van der Waals surface area contributed by atoms with Crippen LogP contribution >= 0.6 is 0 Å². The smallest absolute Gasteiger partial charge is 0.350 e. The third-order valence-corrected chi connectivity index (χ3v) is 3.83. The molecule has 0 heterocycles. The highest BCUT2D eigenvalue weighted by molar-refractivity contribution is 7.89. The van der Waals surface area contributed by atoms with Gasteiger partial charge in [-0.05, 0) is 12.8 Å². The Bertz CT molecular complexity index is 362. The lowest BCUT2D eigenvalue weighted by Gasteiger charge is -2.33. The van der Waals surface area contributed by atoms with Crippen molar-refractivity contribution in [1.82, 2.24) is 4.72 Å². The third kappa shape index (κ3) is 2.67. The van der Waals surface area contributed by atoms with E-state index in [1.54, 1.807) is 4.72 Å². The van der Waals surface area contributed by atoms with Gasteiger partial charge >= 0.3 is 11.7 Å². The van der Waals surface area contributed by atoms with Crippen LogP contribution in [-0.2, 0) is 14.8 Å². The first-order chi connectivity index (χ1) is 7.30. The molecule has 0 aromatic rings. The van der Waals surface area contributed by atoms with Crippen molar-refractivity contribution in [3.05, 3.63) is 0 Å². The van der Waals surface area contributed by atoms with E-state index in [2.05, 4.69) is 0 Å². The minimum atomic E-state index is -4.87. The number of rotatable bonds is 4. The largest absolute Gasteiger partial charge is 0.480 e. The summed E-state index contributed by atoms with van der Waals surface area (Å²) in [5.74, 6) is -5.00. The van der Waals surface area contributed by atoms with Crippen molar-refractivity contribution in [1.29, 1.82) is 0 Å². The van der Waals surface area contributed by atoms with Gasteiger partial charge < -0.3 is 5.11 Å². The highest BCUT2D eigenvalue weighted by Gasteiger charge is 2.45. The highest BCUT2D eigenvalue weighted by Crippen LogP contribution is 2.29. The van der Waals surface area contributed by atoms with E-state index in [1.165, 1.54) is 0 Å². The fraction of sp³-hybridized carbons (Fsp3) is 0.875. The van der Waals surface area contributed by atoms with Gasteiger partial charge in [-0.2, -0.15) is 13.5 Å². The number of hydrogen-bond donors (Lipinski definition) is 2. The Hall–Kier alpha value is -0.760. The van der Waals surface area contributed by atoms with Crippen molar-refractivity contribution in [2.75, 3.05) is 0 Å². The summed E-state index contributed by atoms with van der Waals surface area (Å²) in [7, 11) is -4.87. The fourth-order valence-electron chi connectivity index (χ4n) is 1.83. The van der Waals surface area contributed by atoms with Crippen LogP contribution in [0.5, 0.6) is 0 Å². The number of hydrogen-bond acceptors (Lipinski definition) is 3. The molecular weight excluding hydrogens is 244 g/mol. The molecule has 0 unspecified atom stereocenters. The molecule has 1 saturated carbocycles. The molecule has 8 heteroatoms. The van der Waals surface area contributed by atoms with Crippen LogP contribution in [0.15, 0.2) is 0 Å². The van der Waals surface area contributed by atoms with Gasteiger partial charge in [0.05, 0.1) is 0 Å². The zero-order valence-electron chi connectivity index (χ0n) is 8.45. The molecule has 0 saturated heterocycles. The summed E-state index contributed by atoms with van der Waals surface area (Å²) < 4.78 is 47.9. The molecule has 1 aliphatic rings. The second kappa shape index (κ2) is 4.62. The van der Waals surface area contributed by atoms with Crippen LogP contribution < -0.4 is 4.72 Å². The van der Waals surface area contributed by atoms with Crippen LogP contribution in [0.2, 0.25) is 0 Å². The second-order valence-electron chi connectivity index (χ2n) is 3.86. The topological polar surface area (TPSA) is 83.5 Å². The monoisotopic (exact) mass is 257 g/mol. The quantitative estimate of drug-likeness (QED) is 0.784. The van der Waals surface area contributed by atoms with Gasteiger partial charge in [0.2, 0.25) is 0 Å². The van der Waals surface area contributed by atoms with E-state index in [0.717, 1.165) is 6.42 Å². The Balaban J connectivity index is 2.92. The Morgan fingerprint density at radius 1 is 1.25 bits per heavy atom. The number of nitrogens with one attached hydrogen (secondary N) is 1. The fourth-order valence-corrected chi connectivity index (χ4v) is 2.76. The van der Waals surface area contributed by atoms with Gasteiger partial charge in [-0.1, -0.05) is 19.3 Å². The van der Waals surface area contributed by atoms with Gasteiger partial charge in [0, 0.05) is 0 Å². The molecule has 2 N–H and O–H groups in total. The molecule has 1 aliphatic carbocycles. The number of carboxylic acid groups (broad SMARTS) is 1. The average molecular weight is 257 g/mol. The van der Waals surface area contributed by atoms with Crippen molar-refractivity contribution >= 4 is 16.0 Å². The van der Waals surface area contributed by atoms with Crippen LogP contribution in [0, 0.1) is 0 Å². The molecule has 0 atom stereocenters. The number of sulfonamides is 1. The van der Waals surface area contributed by atoms with E-state index in [1.807, 2.05) is 0 Å². The van der Waals surface area contributed by atoms with Crippen LogP contribution in [-0.4, -0.2) is 30.8 Å². The molecule has 5 nitrogen and oxygen atoms in total. The molecule has 16 heavy (non-hydrogen) atoms. The van der Waals surface area contributed by atoms with Crippen molar-refractivity contribution in [2.24, 2.45) is 0 Å². The van der Waals surface area contributed by atoms with Gasteiger partial charge in [0.25, 0.3) is 10.0 Å². The van der Waals surface area contributed by atoms with Gasteiger partial charge in [-0.15, -0.1) is 0 Å². The number of alkyl halides is 2. The lowest BCUT2D eigenvalue weighted by atomic mass is 9.83. The second-order valence-corrected chi connectivity index (χ2v) is 5.51. The lowest BCUT2D eigenvalue weighted by Crippen LogP contribution is -2.56. The van der Waals surface area contributed by atoms with E-state index >= 15 is 0 Å². The molecular formula is C8H13F2NO4S. The van der Waals surface area contributed by atoms with E-state index in [-0.39, 0.29) is 12.8 Å². The maximum atomic E-state index is 12.2. The first-order valence-corrected chi connectivity index (χ1v) is 6.39. The minimum Gasteiger partial charge on any atom is -0.480 e. The van der Waals surface area contributed by atoms with E-state index in [0.29, 0.717) is 12.8 Å². The molecule has 0 radical (unpaired) electrons. The lowest BCUT2D eigenvalue weighted by molar-refractivity contribution is -0.145. The summed E-state index contributed by atoms with van der Waals surface area (Å²) in [5, 5.41) is 8.96. The minimum absolute atomic E-state index is 0.0499. The molecule has 0 bridgehead atoms. The normalized spacial score (nSPS) is 20.9. The van der Waals surface area contributed by atoms with E-state index in [4.69, 9.17) is 5.11 Å². The van der Waals surface area contributed by atoms with Crippen LogP contribution in [0.3, 0.4) is 0 Å². The molecule has 0 aliphatic heterocycles. The van der Waals surface area contributed by atoms with Crippen molar-refractivity contribution in [2.45, 2.75) is 43.4 Å². The molecule has 94 valence electrons. The van der Waals surface area contributed by atoms with Gasteiger partial charge in [-0.25, -0.2) is 8.42 Å². The predicted octanol–water partition coefficient (Wildman–Crippen LogP) is 0.916. The van der Waals surface area contributed by atoms with Crippen LogP contribution in [0.1, 0.15) is 32.1 Å². The SMILES string of the molecule is O=C(O)C1(NS(=O)(=O)C(F)F)CCCCC1. The zero-order valence-corrected chi connectivity index (χ0v) is 9.27. The van der Waals surface area contributed by atoms with Crippen LogP contribution in [0.25, 0.3) is 0 Å². The summed E-state index contributed by atoms with van der Waals surface area (Å²) in [6.07, 6.45) is 1.91. The van der Waals surface area contributed by atoms with Crippen molar-refractivity contribution < 1.29 is 27.1 Å². The number of aliphatic carboxylic acids is 1. The molecule has 0 aromatic heterocycles. The first-order valence-electron chi connectivity index (χ1n) is 4.84. The van der Waals surface area contributed by atoms with E-state index < -0.39 is 27.3 Å². The third-order valence-electron chi connectivity index (χ3n) is 2.69. The molecule has 0 aromatic carbocycles. The molecule has 0 spiro atoms. The number of carbonyl (C=O) groups is 1. The molecule has 1 fully saturated rings. The number of halogens is 2. The standard InChI is InChI=1S/C8H13F2NO4S/c9-7(10)16(14,15)11-8(6(12)13)4-2-1-3-5-8/h7,11H,1-5H2,(H,12,13). The Morgan fingerprint density at radius 2 is 1.75 bits per heavy atom. The maximum absolute atomic E-state index is 12.2. The average Bonchev–Trinajstić information content (AvgIpc) is 2.18. The van der Waals surface area contributed by atoms with Crippen molar-refractivity contribution in [3.8, 4) is 0 Å². The van der Waals surface area contributed by atoms with Crippen LogP contribution in [0.4, 0.5) is 8.78 Å². The predicted molar refractivity (Wildman–Crippen MR) is 51.5 cm³/mol. The molecule has 0 amide bonds. The maximum Gasteiger partial charge on any atom is 0.350 e. The Morgan fingerprint density at radius 3 is 2.12 bits per heavy atom. The Kier molecular flexibility index (Phi) is 3.84. The summed E-state index contributed by atoms with van der Waals surface area (Å²) in [6.45, 7) is 0. The first kappa shape index (κ1) is 13.3. The van der Waals surface area contributed by atoms with Gasteiger partial charge in [0.15, 0.2) is 0 Å². The highest BCUT2D eigenvalue weighted by atomic mass is 32.2. The molecule has 1 rings (SSSR count). The van der Waals surface area contributed by atoms with Crippen molar-refractivity contribution in [3.63, 3.8) is 0 Å². The van der Waals surface area contributed by atoms with Gasteiger partial charge in [-0.3, -0.25) is 4.79 Å². The summed E-state index contributed by atoms with van der Waals surface area (Å²) >= 11 is 0. The zero-order chi connectivity index (χ0) is 12.4.